The van der Waals surface area contributed by atoms with Crippen molar-refractivity contribution in [3.8, 4) is 5.75 Å². The summed E-state index contributed by atoms with van der Waals surface area (Å²) < 4.78 is 5.25. The van der Waals surface area contributed by atoms with Gasteiger partial charge in [0.15, 0.2) is 5.11 Å². The smallest absolute Gasteiger partial charge is 0.171 e. The monoisotopic (exact) mass is 356 g/mol. The number of anilines is 1. The van der Waals surface area contributed by atoms with Gasteiger partial charge in [0, 0.05) is 5.69 Å². The molecular weight excluding hydrogens is 328 g/mol. The normalized spacial score (nSPS) is 11.9. The summed E-state index contributed by atoms with van der Waals surface area (Å²) in [6.45, 7) is 6.59. The van der Waals surface area contributed by atoms with E-state index in [2.05, 4.69) is 67.8 Å². The summed E-state index contributed by atoms with van der Waals surface area (Å²) in [4.78, 5) is 0. The molecule has 0 amide bonds. The van der Waals surface area contributed by atoms with Crippen molar-refractivity contribution in [1.29, 1.82) is 0 Å². The second-order valence-electron chi connectivity index (χ2n) is 6.60. The molecule has 1 unspecified atom stereocenters. The number of benzene rings is 2. The van der Waals surface area contributed by atoms with E-state index >= 15 is 0 Å². The number of ether oxygens (including phenoxy) is 1. The Bertz CT molecular complexity index is 665. The van der Waals surface area contributed by atoms with Gasteiger partial charge < -0.3 is 15.4 Å². The van der Waals surface area contributed by atoms with E-state index in [-0.39, 0.29) is 6.04 Å². The SMILES string of the molecule is CCc1ccc(NC(=S)NC(CC(C)C)c2ccc(OC)cc2)cc1. The maximum atomic E-state index is 5.53. The third-order valence-electron chi connectivity index (χ3n) is 4.15. The molecule has 2 aromatic carbocycles. The third-order valence-corrected chi connectivity index (χ3v) is 4.37. The molecule has 2 rings (SSSR count). The Morgan fingerprint density at radius 3 is 2.20 bits per heavy atom. The summed E-state index contributed by atoms with van der Waals surface area (Å²) in [5.41, 5.74) is 3.54. The molecule has 0 aliphatic rings. The molecule has 3 nitrogen and oxygen atoms in total. The lowest BCUT2D eigenvalue weighted by Crippen LogP contribution is -2.33. The van der Waals surface area contributed by atoms with Crippen LogP contribution in [0.5, 0.6) is 5.75 Å². The quantitative estimate of drug-likeness (QED) is 0.657. The van der Waals surface area contributed by atoms with Crippen LogP contribution in [0.4, 0.5) is 5.69 Å². The van der Waals surface area contributed by atoms with Crippen LogP contribution in [0, 0.1) is 5.92 Å². The van der Waals surface area contributed by atoms with Crippen molar-refractivity contribution in [3.05, 3.63) is 59.7 Å². The van der Waals surface area contributed by atoms with Crippen LogP contribution in [0.25, 0.3) is 0 Å². The summed E-state index contributed by atoms with van der Waals surface area (Å²) in [5.74, 6) is 1.43. The van der Waals surface area contributed by atoms with Gasteiger partial charge in [0.1, 0.15) is 5.75 Å². The van der Waals surface area contributed by atoms with Crippen LogP contribution < -0.4 is 15.4 Å². The second kappa shape index (κ2) is 9.42. The van der Waals surface area contributed by atoms with Crippen LogP contribution in [0.2, 0.25) is 0 Å². The predicted molar refractivity (Wildman–Crippen MR) is 110 cm³/mol. The Labute approximate surface area is 156 Å². The van der Waals surface area contributed by atoms with Crippen molar-refractivity contribution in [2.75, 3.05) is 12.4 Å². The summed E-state index contributed by atoms with van der Waals surface area (Å²) in [6.07, 6.45) is 2.04. The van der Waals surface area contributed by atoms with Gasteiger partial charge in [0.2, 0.25) is 0 Å². The molecule has 2 N–H and O–H groups in total. The van der Waals surface area contributed by atoms with E-state index < -0.39 is 0 Å². The first-order valence-electron chi connectivity index (χ1n) is 8.82. The van der Waals surface area contributed by atoms with Crippen LogP contribution in [-0.4, -0.2) is 12.2 Å². The van der Waals surface area contributed by atoms with Gasteiger partial charge >= 0.3 is 0 Å². The van der Waals surface area contributed by atoms with Crippen LogP contribution in [0.3, 0.4) is 0 Å². The van der Waals surface area contributed by atoms with Crippen molar-refractivity contribution >= 4 is 23.0 Å². The standard InChI is InChI=1S/C21H28N2OS/c1-5-16-6-10-18(11-7-16)22-21(25)23-20(14-15(2)3)17-8-12-19(24-4)13-9-17/h6-13,15,20H,5,14H2,1-4H3,(H2,22,23,25). The fraction of sp³-hybridized carbons (Fsp3) is 0.381. The van der Waals surface area contributed by atoms with Gasteiger partial charge in [-0.05, 0) is 66.4 Å². The molecule has 25 heavy (non-hydrogen) atoms. The highest BCUT2D eigenvalue weighted by atomic mass is 32.1. The van der Waals surface area contributed by atoms with Crippen LogP contribution in [0.15, 0.2) is 48.5 Å². The lowest BCUT2D eigenvalue weighted by molar-refractivity contribution is 0.414. The van der Waals surface area contributed by atoms with Crippen molar-refractivity contribution < 1.29 is 4.74 Å². The number of hydrogen-bond donors (Lipinski definition) is 2. The topological polar surface area (TPSA) is 33.3 Å². The maximum Gasteiger partial charge on any atom is 0.171 e. The molecule has 0 aliphatic heterocycles. The van der Waals surface area contributed by atoms with Crippen molar-refractivity contribution in [2.24, 2.45) is 5.92 Å². The zero-order chi connectivity index (χ0) is 18.2. The summed E-state index contributed by atoms with van der Waals surface area (Å²) >= 11 is 5.53. The highest BCUT2D eigenvalue weighted by Gasteiger charge is 2.15. The lowest BCUT2D eigenvalue weighted by atomic mass is 9.97. The Morgan fingerprint density at radius 2 is 1.68 bits per heavy atom. The molecule has 0 radical (unpaired) electrons. The summed E-state index contributed by atoms with van der Waals surface area (Å²) in [7, 11) is 1.68. The molecular formula is C21H28N2OS. The number of thiocarbonyl (C=S) groups is 1. The molecule has 0 aromatic heterocycles. The first-order valence-corrected chi connectivity index (χ1v) is 9.23. The molecule has 0 fully saturated rings. The van der Waals surface area contributed by atoms with Gasteiger partial charge in [-0.3, -0.25) is 0 Å². The van der Waals surface area contributed by atoms with E-state index in [1.54, 1.807) is 7.11 Å². The fourth-order valence-electron chi connectivity index (χ4n) is 2.74. The van der Waals surface area contributed by atoms with Crippen molar-refractivity contribution in [1.82, 2.24) is 5.32 Å². The lowest BCUT2D eigenvalue weighted by Gasteiger charge is -2.23. The zero-order valence-corrected chi connectivity index (χ0v) is 16.3. The molecule has 134 valence electrons. The largest absolute Gasteiger partial charge is 0.497 e. The third kappa shape index (κ3) is 6.05. The van der Waals surface area contributed by atoms with E-state index in [9.17, 15) is 0 Å². The first-order chi connectivity index (χ1) is 12.0. The minimum absolute atomic E-state index is 0.167. The maximum absolute atomic E-state index is 5.53. The molecule has 0 heterocycles. The summed E-state index contributed by atoms with van der Waals surface area (Å²) in [5, 5.41) is 7.39. The van der Waals surface area contributed by atoms with E-state index in [0.29, 0.717) is 11.0 Å². The molecule has 0 saturated carbocycles. The Morgan fingerprint density at radius 1 is 1.04 bits per heavy atom. The Balaban J connectivity index is 2.05. The molecule has 0 bridgehead atoms. The van der Waals surface area contributed by atoms with E-state index in [4.69, 9.17) is 17.0 Å². The van der Waals surface area contributed by atoms with E-state index in [1.165, 1.54) is 11.1 Å². The molecule has 0 spiro atoms. The zero-order valence-electron chi connectivity index (χ0n) is 15.5. The van der Waals surface area contributed by atoms with Crippen LogP contribution >= 0.6 is 12.2 Å². The minimum Gasteiger partial charge on any atom is -0.497 e. The van der Waals surface area contributed by atoms with Gasteiger partial charge in [0.05, 0.1) is 13.2 Å². The second-order valence-corrected chi connectivity index (χ2v) is 7.01. The van der Waals surface area contributed by atoms with Crippen LogP contribution in [-0.2, 0) is 6.42 Å². The van der Waals surface area contributed by atoms with Gasteiger partial charge in [0.25, 0.3) is 0 Å². The molecule has 2 aromatic rings. The molecule has 4 heteroatoms. The Hall–Kier alpha value is -2.07. The number of aryl methyl sites for hydroxylation is 1. The van der Waals surface area contributed by atoms with E-state index in [1.807, 2.05) is 12.1 Å². The molecule has 0 saturated heterocycles. The molecule has 0 aliphatic carbocycles. The Kier molecular flexibility index (Phi) is 7.26. The number of methoxy groups -OCH3 is 1. The number of nitrogens with one attached hydrogen (secondary N) is 2. The fourth-order valence-corrected chi connectivity index (χ4v) is 3.00. The highest BCUT2D eigenvalue weighted by molar-refractivity contribution is 7.80. The van der Waals surface area contributed by atoms with Crippen molar-refractivity contribution in [2.45, 2.75) is 39.7 Å². The average Bonchev–Trinajstić information content (AvgIpc) is 2.61. The first kappa shape index (κ1) is 19.3. The van der Waals surface area contributed by atoms with Crippen LogP contribution in [0.1, 0.15) is 44.4 Å². The van der Waals surface area contributed by atoms with Gasteiger partial charge in [-0.2, -0.15) is 0 Å². The average molecular weight is 357 g/mol. The van der Waals surface area contributed by atoms with Gasteiger partial charge in [-0.25, -0.2) is 0 Å². The number of hydrogen-bond acceptors (Lipinski definition) is 2. The van der Waals surface area contributed by atoms with E-state index in [0.717, 1.165) is 24.3 Å². The molecule has 1 atom stereocenters. The van der Waals surface area contributed by atoms with Crippen molar-refractivity contribution in [3.63, 3.8) is 0 Å². The minimum atomic E-state index is 0.167. The number of rotatable bonds is 7. The summed E-state index contributed by atoms with van der Waals surface area (Å²) in [6, 6.07) is 16.7. The predicted octanol–water partition coefficient (Wildman–Crippen LogP) is 5.33. The van der Waals surface area contributed by atoms with Gasteiger partial charge in [-0.15, -0.1) is 0 Å². The van der Waals surface area contributed by atoms with Gasteiger partial charge in [-0.1, -0.05) is 45.0 Å². The highest BCUT2D eigenvalue weighted by Crippen LogP contribution is 2.24.